The summed E-state index contributed by atoms with van der Waals surface area (Å²) >= 11 is 0. The molecule has 0 aliphatic carbocycles. The maximum Gasteiger partial charge on any atom is 0.337 e. The van der Waals surface area contributed by atoms with Crippen molar-refractivity contribution >= 4 is 17.7 Å². The number of hydrogen-bond donors (Lipinski definition) is 0. The molecule has 8 nitrogen and oxygen atoms in total. The first-order chi connectivity index (χ1) is 15.1. The van der Waals surface area contributed by atoms with Gasteiger partial charge < -0.3 is 18.8 Å². The summed E-state index contributed by atoms with van der Waals surface area (Å²) < 4.78 is 17.3. The zero-order chi connectivity index (χ0) is 23.6. The van der Waals surface area contributed by atoms with Crippen LogP contribution < -0.4 is 0 Å². The summed E-state index contributed by atoms with van der Waals surface area (Å²) in [5.41, 5.74) is 3.18. The minimum Gasteiger partial charge on any atom is -0.465 e. The number of methoxy groups -OCH3 is 2. The SMILES string of the molecule is COC(=O)c1cc(C(=O)OC)cc(-n2c(C)cc(C(=O)CN3C[C@@H](C)O[C@@H](C)C3)c2C)c1. The molecule has 2 heterocycles. The highest BCUT2D eigenvalue weighted by Crippen LogP contribution is 2.25. The molecule has 1 saturated heterocycles. The lowest BCUT2D eigenvalue weighted by Gasteiger charge is -2.34. The van der Waals surface area contributed by atoms with E-state index in [-0.39, 0.29) is 29.1 Å². The van der Waals surface area contributed by atoms with Crippen molar-refractivity contribution in [1.29, 1.82) is 0 Å². The fraction of sp³-hybridized carbons (Fsp3) is 0.458. The van der Waals surface area contributed by atoms with Gasteiger partial charge in [0.2, 0.25) is 0 Å². The van der Waals surface area contributed by atoms with E-state index in [1.54, 1.807) is 12.1 Å². The molecule has 2 aromatic rings. The molecule has 1 aromatic heterocycles. The lowest BCUT2D eigenvalue weighted by atomic mass is 10.1. The van der Waals surface area contributed by atoms with Crippen molar-refractivity contribution in [3.8, 4) is 5.69 Å². The van der Waals surface area contributed by atoms with Crippen LogP contribution in [0.1, 0.15) is 56.3 Å². The highest BCUT2D eigenvalue weighted by Gasteiger charge is 2.26. The van der Waals surface area contributed by atoms with E-state index >= 15 is 0 Å². The van der Waals surface area contributed by atoms with Gasteiger partial charge in [0, 0.05) is 35.7 Å². The Balaban J connectivity index is 1.97. The molecule has 1 aliphatic heterocycles. The van der Waals surface area contributed by atoms with Gasteiger partial charge in [-0.1, -0.05) is 0 Å². The van der Waals surface area contributed by atoms with Crippen molar-refractivity contribution in [3.63, 3.8) is 0 Å². The van der Waals surface area contributed by atoms with Crippen LogP contribution in [-0.2, 0) is 14.2 Å². The third kappa shape index (κ3) is 4.92. The molecule has 0 saturated carbocycles. The predicted octanol–water partition coefficient (Wildman–Crippen LogP) is 2.96. The van der Waals surface area contributed by atoms with Gasteiger partial charge >= 0.3 is 11.9 Å². The number of hydrogen-bond acceptors (Lipinski definition) is 7. The Labute approximate surface area is 188 Å². The molecule has 0 amide bonds. The van der Waals surface area contributed by atoms with Gasteiger partial charge in [0.25, 0.3) is 0 Å². The standard InChI is InChI=1S/C24H30N2O6/c1-14-7-21(22(27)13-25-11-15(2)32-16(3)12-25)17(4)26(14)20-9-18(23(28)30-5)8-19(10-20)24(29)31-6/h7-10,15-16H,11-13H2,1-6H3/t15-,16+. The van der Waals surface area contributed by atoms with E-state index in [4.69, 9.17) is 14.2 Å². The summed E-state index contributed by atoms with van der Waals surface area (Å²) in [6.07, 6.45) is 0.161. The fourth-order valence-electron chi connectivity index (χ4n) is 4.36. The molecule has 8 heteroatoms. The van der Waals surface area contributed by atoms with E-state index in [0.717, 1.165) is 11.4 Å². The Kier molecular flexibility index (Phi) is 7.16. The van der Waals surface area contributed by atoms with Crippen LogP contribution in [0.5, 0.6) is 0 Å². The largest absolute Gasteiger partial charge is 0.465 e. The minimum absolute atomic E-state index is 0.0166. The van der Waals surface area contributed by atoms with E-state index in [1.165, 1.54) is 20.3 Å². The third-order valence-electron chi connectivity index (χ3n) is 5.61. The quantitative estimate of drug-likeness (QED) is 0.502. The molecule has 2 atom stereocenters. The summed E-state index contributed by atoms with van der Waals surface area (Å²) in [5, 5.41) is 0. The fourth-order valence-corrected chi connectivity index (χ4v) is 4.36. The van der Waals surface area contributed by atoms with Gasteiger partial charge in [0.15, 0.2) is 5.78 Å². The van der Waals surface area contributed by atoms with Gasteiger partial charge in [-0.2, -0.15) is 0 Å². The first-order valence-electron chi connectivity index (χ1n) is 10.6. The number of carbonyl (C=O) groups excluding carboxylic acids is 3. The monoisotopic (exact) mass is 442 g/mol. The molecule has 0 unspecified atom stereocenters. The molecule has 0 radical (unpaired) electrons. The van der Waals surface area contributed by atoms with E-state index in [1.807, 2.05) is 38.3 Å². The Morgan fingerprint density at radius 1 is 0.938 bits per heavy atom. The van der Waals surface area contributed by atoms with Crippen molar-refractivity contribution in [2.24, 2.45) is 0 Å². The Morgan fingerprint density at radius 2 is 1.47 bits per heavy atom. The van der Waals surface area contributed by atoms with Gasteiger partial charge in [-0.25, -0.2) is 9.59 Å². The summed E-state index contributed by atoms with van der Waals surface area (Å²) in [6.45, 7) is 9.46. The van der Waals surface area contributed by atoms with Crippen molar-refractivity contribution in [2.45, 2.75) is 39.9 Å². The number of aromatic nitrogens is 1. The molecule has 0 bridgehead atoms. The molecule has 3 rings (SSSR count). The van der Waals surface area contributed by atoms with Crippen LogP contribution in [-0.4, -0.2) is 73.3 Å². The summed E-state index contributed by atoms with van der Waals surface area (Å²) in [5.74, 6) is -1.11. The van der Waals surface area contributed by atoms with Crippen LogP contribution in [0.3, 0.4) is 0 Å². The van der Waals surface area contributed by atoms with Crippen LogP contribution in [0, 0.1) is 13.8 Å². The van der Waals surface area contributed by atoms with E-state index in [2.05, 4.69) is 4.90 Å². The van der Waals surface area contributed by atoms with E-state index in [9.17, 15) is 14.4 Å². The van der Waals surface area contributed by atoms with Gasteiger partial charge in [0.05, 0.1) is 44.1 Å². The zero-order valence-corrected chi connectivity index (χ0v) is 19.4. The zero-order valence-electron chi connectivity index (χ0n) is 19.4. The van der Waals surface area contributed by atoms with Crippen LogP contribution in [0.15, 0.2) is 24.3 Å². The van der Waals surface area contributed by atoms with Crippen molar-refractivity contribution < 1.29 is 28.6 Å². The van der Waals surface area contributed by atoms with Crippen LogP contribution in [0.2, 0.25) is 0 Å². The third-order valence-corrected chi connectivity index (χ3v) is 5.61. The van der Waals surface area contributed by atoms with Gasteiger partial charge in [0.1, 0.15) is 0 Å². The number of benzene rings is 1. The molecule has 0 spiro atoms. The molecular weight excluding hydrogens is 412 g/mol. The van der Waals surface area contributed by atoms with Gasteiger partial charge in [-0.05, 0) is 52.0 Å². The second-order valence-corrected chi connectivity index (χ2v) is 8.25. The number of rotatable bonds is 6. The smallest absolute Gasteiger partial charge is 0.337 e. The average Bonchev–Trinajstić information content (AvgIpc) is 3.05. The minimum atomic E-state index is -0.564. The molecule has 1 aliphatic rings. The topological polar surface area (TPSA) is 87.1 Å². The number of Topliss-reactive ketones (excluding diaryl/α,β-unsaturated/α-hetero) is 1. The highest BCUT2D eigenvalue weighted by molar-refractivity contribution is 5.99. The number of ketones is 1. The summed E-state index contributed by atoms with van der Waals surface area (Å²) in [6, 6.07) is 6.55. The maximum atomic E-state index is 13.1. The lowest BCUT2D eigenvalue weighted by molar-refractivity contribution is -0.0652. The molecule has 172 valence electrons. The lowest BCUT2D eigenvalue weighted by Crippen LogP contribution is -2.47. The van der Waals surface area contributed by atoms with Gasteiger partial charge in [-0.3, -0.25) is 9.69 Å². The van der Waals surface area contributed by atoms with Crippen LogP contribution in [0.25, 0.3) is 5.69 Å². The number of ether oxygens (including phenoxy) is 3. The van der Waals surface area contributed by atoms with Crippen LogP contribution in [0.4, 0.5) is 0 Å². The maximum absolute atomic E-state index is 13.1. The second-order valence-electron chi connectivity index (χ2n) is 8.25. The highest BCUT2D eigenvalue weighted by atomic mass is 16.5. The predicted molar refractivity (Wildman–Crippen MR) is 119 cm³/mol. The second kappa shape index (κ2) is 9.67. The number of esters is 2. The normalized spacial score (nSPS) is 18.9. The first-order valence-corrected chi connectivity index (χ1v) is 10.6. The molecule has 0 N–H and O–H groups in total. The summed E-state index contributed by atoms with van der Waals surface area (Å²) in [4.78, 5) is 39.6. The number of carbonyl (C=O) groups is 3. The summed E-state index contributed by atoms with van der Waals surface area (Å²) in [7, 11) is 2.56. The van der Waals surface area contributed by atoms with Crippen LogP contribution >= 0.6 is 0 Å². The van der Waals surface area contributed by atoms with Crippen molar-refractivity contribution in [3.05, 3.63) is 52.3 Å². The molecule has 1 aromatic carbocycles. The Hall–Kier alpha value is -2.97. The molecule has 32 heavy (non-hydrogen) atoms. The van der Waals surface area contributed by atoms with E-state index < -0.39 is 11.9 Å². The molecular formula is C24H30N2O6. The van der Waals surface area contributed by atoms with Crippen molar-refractivity contribution in [2.75, 3.05) is 33.9 Å². The Morgan fingerprint density at radius 3 is 1.97 bits per heavy atom. The van der Waals surface area contributed by atoms with Gasteiger partial charge in [-0.15, -0.1) is 0 Å². The molecule has 1 fully saturated rings. The number of morpholine rings is 1. The number of aryl methyl sites for hydroxylation is 1. The number of nitrogens with zero attached hydrogens (tertiary/aromatic N) is 2. The van der Waals surface area contributed by atoms with Crippen molar-refractivity contribution in [1.82, 2.24) is 9.47 Å². The van der Waals surface area contributed by atoms with E-state index in [0.29, 0.717) is 30.9 Å². The first kappa shape index (κ1) is 23.7. The average molecular weight is 443 g/mol. The Bertz CT molecular complexity index is 997.